The molecule has 0 saturated carbocycles. The Balaban J connectivity index is 1.55. The summed E-state index contributed by atoms with van der Waals surface area (Å²) in [5, 5.41) is 2.72. The Bertz CT molecular complexity index is 1190. The van der Waals surface area contributed by atoms with E-state index in [9.17, 15) is 9.59 Å². The van der Waals surface area contributed by atoms with Crippen molar-refractivity contribution in [1.82, 2.24) is 0 Å². The Morgan fingerprint density at radius 2 is 1.44 bits per heavy atom. The summed E-state index contributed by atoms with van der Waals surface area (Å²) in [6, 6.07) is 21.1. The molecule has 0 saturated heterocycles. The van der Waals surface area contributed by atoms with Gasteiger partial charge in [0.05, 0.1) is 19.9 Å². The van der Waals surface area contributed by atoms with Crippen molar-refractivity contribution in [3.63, 3.8) is 0 Å². The molecule has 3 aromatic carbocycles. The smallest absolute Gasteiger partial charge is 0.283 e. The highest BCUT2D eigenvalue weighted by Crippen LogP contribution is 2.38. The molecule has 4 rings (SSSR count). The van der Waals surface area contributed by atoms with Gasteiger partial charge in [0.2, 0.25) is 0 Å². The van der Waals surface area contributed by atoms with Crippen molar-refractivity contribution >= 4 is 34.8 Å². The predicted octanol–water partition coefficient (Wildman–Crippen LogP) is 4.93. The second-order valence-electron chi connectivity index (χ2n) is 6.74. The molecule has 1 heterocycles. The molecule has 32 heavy (non-hydrogen) atoms. The van der Waals surface area contributed by atoms with Crippen LogP contribution in [0.2, 0.25) is 0 Å². The third-order valence-electron chi connectivity index (χ3n) is 4.76. The lowest BCUT2D eigenvalue weighted by molar-refractivity contribution is -0.120. The monoisotopic (exact) mass is 450 g/mol. The zero-order valence-electron chi connectivity index (χ0n) is 17.3. The minimum atomic E-state index is -0.658. The summed E-state index contributed by atoms with van der Waals surface area (Å²) in [5.74, 6) is 0.872. The number of anilines is 2. The van der Waals surface area contributed by atoms with Crippen LogP contribution in [-0.2, 0) is 9.59 Å². The summed E-state index contributed by atoms with van der Waals surface area (Å²) in [5.41, 5.74) is 0.779. The van der Waals surface area contributed by atoms with Crippen LogP contribution in [0.25, 0.3) is 0 Å². The topological polar surface area (TPSA) is 77.1 Å². The van der Waals surface area contributed by atoms with Crippen LogP contribution in [0, 0.1) is 0 Å². The van der Waals surface area contributed by atoms with Gasteiger partial charge in [-0.05, 0) is 48.5 Å². The molecule has 0 bridgehead atoms. The zero-order chi connectivity index (χ0) is 22.7. The number of imide groups is 1. The first-order chi connectivity index (χ1) is 15.5. The fraction of sp³-hybridized carbons (Fsp3) is 0.0833. The van der Waals surface area contributed by atoms with E-state index in [-0.39, 0.29) is 16.4 Å². The average Bonchev–Trinajstić information content (AvgIpc) is 3.03. The van der Waals surface area contributed by atoms with E-state index in [1.165, 1.54) is 20.3 Å². The van der Waals surface area contributed by atoms with Crippen molar-refractivity contribution in [3.05, 3.63) is 83.5 Å². The van der Waals surface area contributed by atoms with Gasteiger partial charge in [-0.2, -0.15) is 0 Å². The van der Waals surface area contributed by atoms with Gasteiger partial charge in [-0.3, -0.25) is 9.59 Å². The zero-order valence-corrected chi connectivity index (χ0v) is 18.1. The molecular weight excluding hydrogens is 432 g/mol. The van der Waals surface area contributed by atoms with Gasteiger partial charge in [0.25, 0.3) is 11.8 Å². The van der Waals surface area contributed by atoms with Crippen LogP contribution < -0.4 is 24.4 Å². The van der Waals surface area contributed by atoms with E-state index in [1.807, 2.05) is 30.3 Å². The quantitative estimate of drug-likeness (QED) is 0.514. The summed E-state index contributed by atoms with van der Waals surface area (Å²) in [7, 11) is 2.94. The molecule has 0 fully saturated rings. The molecule has 8 heteroatoms. The summed E-state index contributed by atoms with van der Waals surface area (Å²) in [6.07, 6.45) is 0. The fourth-order valence-electron chi connectivity index (χ4n) is 3.18. The van der Waals surface area contributed by atoms with Gasteiger partial charge in [0.15, 0.2) is 0 Å². The third-order valence-corrected chi connectivity index (χ3v) is 5.11. The molecule has 1 aliphatic heterocycles. The van der Waals surface area contributed by atoms with E-state index in [4.69, 9.17) is 25.8 Å². The van der Waals surface area contributed by atoms with Crippen molar-refractivity contribution in [1.29, 1.82) is 0 Å². The number of carbonyl (C=O) groups excluding carboxylic acids is 2. The van der Waals surface area contributed by atoms with Crippen LogP contribution in [0.1, 0.15) is 0 Å². The van der Waals surface area contributed by atoms with Crippen LogP contribution in [0.5, 0.6) is 23.0 Å². The standard InChI is InChI=1S/C24H19ClN2O5/c1-30-18-12-13-20(31-2)19(14-18)27-23(28)21(25)22(24(27)29)26-15-8-10-17(11-9-15)32-16-6-4-3-5-7-16/h3-14,26H,1-2H3. The third kappa shape index (κ3) is 4.10. The predicted molar refractivity (Wildman–Crippen MR) is 121 cm³/mol. The van der Waals surface area contributed by atoms with Crippen molar-refractivity contribution in [2.45, 2.75) is 0 Å². The second-order valence-corrected chi connectivity index (χ2v) is 7.11. The Labute approximate surface area is 189 Å². The van der Waals surface area contributed by atoms with E-state index in [0.717, 1.165) is 4.90 Å². The molecule has 0 atom stereocenters. The molecule has 3 aromatic rings. The molecule has 0 aliphatic carbocycles. The first-order valence-corrected chi connectivity index (χ1v) is 10.00. The van der Waals surface area contributed by atoms with Gasteiger partial charge in [-0.25, -0.2) is 4.90 Å². The summed E-state index contributed by atoms with van der Waals surface area (Å²) >= 11 is 6.23. The Morgan fingerprint density at radius 1 is 0.781 bits per heavy atom. The minimum Gasteiger partial charge on any atom is -0.497 e. The van der Waals surface area contributed by atoms with Crippen molar-refractivity contribution in [3.8, 4) is 23.0 Å². The van der Waals surface area contributed by atoms with Gasteiger partial charge in [0, 0.05) is 11.8 Å². The maximum Gasteiger partial charge on any atom is 0.283 e. The lowest BCUT2D eigenvalue weighted by atomic mass is 10.2. The Kier molecular flexibility index (Phi) is 6.00. The van der Waals surface area contributed by atoms with E-state index >= 15 is 0 Å². The highest BCUT2D eigenvalue weighted by molar-refractivity contribution is 6.53. The van der Waals surface area contributed by atoms with Crippen LogP contribution in [0.4, 0.5) is 11.4 Å². The van der Waals surface area contributed by atoms with Crippen LogP contribution in [-0.4, -0.2) is 26.0 Å². The number of rotatable bonds is 7. The van der Waals surface area contributed by atoms with Crippen molar-refractivity contribution in [2.24, 2.45) is 0 Å². The largest absolute Gasteiger partial charge is 0.497 e. The second kappa shape index (κ2) is 9.03. The Morgan fingerprint density at radius 3 is 2.09 bits per heavy atom. The Hall–Kier alpha value is -3.97. The molecule has 2 amide bonds. The number of ether oxygens (including phenoxy) is 3. The van der Waals surface area contributed by atoms with Gasteiger partial charge < -0.3 is 19.5 Å². The number of amides is 2. The van der Waals surface area contributed by atoms with Gasteiger partial charge in [-0.15, -0.1) is 0 Å². The number of para-hydroxylation sites is 1. The number of nitrogens with one attached hydrogen (secondary N) is 1. The molecule has 7 nitrogen and oxygen atoms in total. The van der Waals surface area contributed by atoms with Crippen molar-refractivity contribution < 1.29 is 23.8 Å². The molecule has 0 unspecified atom stereocenters. The molecule has 0 aromatic heterocycles. The lowest BCUT2D eigenvalue weighted by Gasteiger charge is -2.19. The van der Waals surface area contributed by atoms with Crippen LogP contribution in [0.3, 0.4) is 0 Å². The van der Waals surface area contributed by atoms with E-state index < -0.39 is 11.8 Å². The highest BCUT2D eigenvalue weighted by Gasteiger charge is 2.40. The number of benzene rings is 3. The van der Waals surface area contributed by atoms with E-state index in [0.29, 0.717) is 28.7 Å². The highest BCUT2D eigenvalue weighted by atomic mass is 35.5. The minimum absolute atomic E-state index is 0.0294. The first kappa shape index (κ1) is 21.3. The van der Waals surface area contributed by atoms with Crippen molar-refractivity contribution in [2.75, 3.05) is 24.4 Å². The SMILES string of the molecule is COc1ccc(OC)c(N2C(=O)C(Cl)=C(Nc3ccc(Oc4ccccc4)cc3)C2=O)c1. The van der Waals surface area contributed by atoms with E-state index in [1.54, 1.807) is 36.4 Å². The summed E-state index contributed by atoms with van der Waals surface area (Å²) in [6.45, 7) is 0. The molecule has 0 spiro atoms. The first-order valence-electron chi connectivity index (χ1n) is 9.62. The summed E-state index contributed by atoms with van der Waals surface area (Å²) in [4.78, 5) is 26.8. The number of hydrogen-bond donors (Lipinski definition) is 1. The number of halogens is 1. The van der Waals surface area contributed by atoms with Gasteiger partial charge in [-0.1, -0.05) is 29.8 Å². The maximum atomic E-state index is 13.1. The summed E-state index contributed by atoms with van der Waals surface area (Å²) < 4.78 is 16.3. The normalized spacial score (nSPS) is 13.4. The van der Waals surface area contributed by atoms with Crippen LogP contribution >= 0.6 is 11.6 Å². The lowest BCUT2D eigenvalue weighted by Crippen LogP contribution is -2.32. The molecule has 1 aliphatic rings. The molecule has 1 N–H and O–H groups in total. The number of carbonyl (C=O) groups is 2. The molecule has 0 radical (unpaired) electrons. The van der Waals surface area contributed by atoms with Crippen LogP contribution in [0.15, 0.2) is 83.5 Å². The number of hydrogen-bond acceptors (Lipinski definition) is 6. The average molecular weight is 451 g/mol. The van der Waals surface area contributed by atoms with Gasteiger partial charge in [0.1, 0.15) is 33.7 Å². The molecular formula is C24H19ClN2O5. The van der Waals surface area contributed by atoms with E-state index in [2.05, 4.69) is 5.32 Å². The number of methoxy groups -OCH3 is 2. The van der Waals surface area contributed by atoms with Gasteiger partial charge >= 0.3 is 0 Å². The molecule has 162 valence electrons. The number of nitrogens with zero attached hydrogens (tertiary/aromatic N) is 1. The maximum absolute atomic E-state index is 13.1. The fourth-order valence-corrected chi connectivity index (χ4v) is 3.39.